The molecule has 0 saturated heterocycles. The van der Waals surface area contributed by atoms with Crippen molar-refractivity contribution in [3.05, 3.63) is 26.6 Å². The van der Waals surface area contributed by atoms with E-state index in [1.54, 1.807) is 0 Å². The molecule has 1 heterocycles. The fraction of sp³-hybridized carbons (Fsp3) is 0.125. The van der Waals surface area contributed by atoms with E-state index in [1.807, 2.05) is 6.07 Å². The number of nitrogens with zero attached hydrogens (tertiary/aromatic N) is 1. The first-order valence-electron chi connectivity index (χ1n) is 3.39. The van der Waals surface area contributed by atoms with E-state index in [0.717, 1.165) is 14.7 Å². The average Bonchev–Trinajstić information content (AvgIpc) is 2.30. The molecule has 0 atom stereocenters. The Bertz CT molecular complexity index is 399. The summed E-state index contributed by atoms with van der Waals surface area (Å²) in [7, 11) is 0. The zero-order chi connectivity index (χ0) is 8.72. The van der Waals surface area contributed by atoms with E-state index in [4.69, 9.17) is 11.6 Å². The first kappa shape index (κ1) is 8.48. The van der Waals surface area contributed by atoms with Crippen molar-refractivity contribution < 1.29 is 0 Å². The van der Waals surface area contributed by atoms with Gasteiger partial charge in [-0.15, -0.1) is 11.3 Å². The first-order chi connectivity index (χ1) is 5.66. The van der Waals surface area contributed by atoms with Crippen molar-refractivity contribution >= 4 is 49.1 Å². The van der Waals surface area contributed by atoms with Gasteiger partial charge in [0.05, 0.1) is 10.2 Å². The molecule has 2 aromatic rings. The van der Waals surface area contributed by atoms with Gasteiger partial charge >= 0.3 is 0 Å². The standard InChI is InChI=1S/C8H5BrClNS/c1-4-2-7-6(3-5(4)9)11-8(10)12-7/h2-3H,1H3. The number of rotatable bonds is 0. The number of hydrogen-bond acceptors (Lipinski definition) is 2. The van der Waals surface area contributed by atoms with E-state index >= 15 is 0 Å². The van der Waals surface area contributed by atoms with Crippen LogP contribution >= 0.6 is 38.9 Å². The van der Waals surface area contributed by atoms with Crippen LogP contribution in [0.15, 0.2) is 16.6 Å². The van der Waals surface area contributed by atoms with Crippen molar-refractivity contribution in [1.29, 1.82) is 0 Å². The summed E-state index contributed by atoms with van der Waals surface area (Å²) >= 11 is 10.7. The van der Waals surface area contributed by atoms with Gasteiger partial charge in [-0.25, -0.2) is 4.98 Å². The van der Waals surface area contributed by atoms with E-state index in [2.05, 4.69) is 33.9 Å². The molecule has 0 amide bonds. The number of fused-ring (bicyclic) bond motifs is 1. The predicted molar refractivity (Wildman–Crippen MR) is 57.1 cm³/mol. The van der Waals surface area contributed by atoms with Crippen LogP contribution < -0.4 is 0 Å². The van der Waals surface area contributed by atoms with E-state index in [1.165, 1.54) is 16.9 Å². The third kappa shape index (κ3) is 1.37. The second-order valence-electron chi connectivity index (χ2n) is 2.54. The third-order valence-corrected chi connectivity index (χ3v) is 3.62. The highest BCUT2D eigenvalue weighted by atomic mass is 79.9. The van der Waals surface area contributed by atoms with Crippen LogP contribution in [-0.4, -0.2) is 4.98 Å². The Hall–Kier alpha value is -0.120. The molecule has 62 valence electrons. The molecule has 0 unspecified atom stereocenters. The summed E-state index contributed by atoms with van der Waals surface area (Å²) < 4.78 is 2.82. The Balaban J connectivity index is 2.83. The maximum absolute atomic E-state index is 5.78. The molecular formula is C8H5BrClNS. The minimum absolute atomic E-state index is 0.600. The summed E-state index contributed by atoms with van der Waals surface area (Å²) in [5.74, 6) is 0. The summed E-state index contributed by atoms with van der Waals surface area (Å²) in [6.45, 7) is 2.05. The fourth-order valence-electron chi connectivity index (χ4n) is 1.02. The molecule has 4 heteroatoms. The summed E-state index contributed by atoms with van der Waals surface area (Å²) in [5, 5.41) is 0. The Morgan fingerprint density at radius 3 is 3.00 bits per heavy atom. The van der Waals surface area contributed by atoms with Crippen molar-refractivity contribution in [1.82, 2.24) is 4.98 Å². The smallest absolute Gasteiger partial charge is 0.184 e. The number of halogens is 2. The van der Waals surface area contributed by atoms with Crippen molar-refractivity contribution in [2.45, 2.75) is 6.92 Å². The zero-order valence-electron chi connectivity index (χ0n) is 6.27. The minimum atomic E-state index is 0.600. The van der Waals surface area contributed by atoms with Crippen LogP contribution in [-0.2, 0) is 0 Å². The van der Waals surface area contributed by atoms with E-state index in [-0.39, 0.29) is 0 Å². The van der Waals surface area contributed by atoms with Crippen molar-refractivity contribution in [2.24, 2.45) is 0 Å². The van der Waals surface area contributed by atoms with Gasteiger partial charge in [0, 0.05) is 4.47 Å². The number of thiazole rings is 1. The fourth-order valence-corrected chi connectivity index (χ4v) is 2.46. The van der Waals surface area contributed by atoms with Crippen molar-refractivity contribution in [2.75, 3.05) is 0 Å². The van der Waals surface area contributed by atoms with Crippen molar-refractivity contribution in [3.63, 3.8) is 0 Å². The Labute approximate surface area is 87.5 Å². The Morgan fingerprint density at radius 1 is 1.50 bits per heavy atom. The number of benzene rings is 1. The summed E-state index contributed by atoms with van der Waals surface area (Å²) in [4.78, 5) is 4.17. The Kier molecular flexibility index (Phi) is 2.10. The van der Waals surface area contributed by atoms with E-state index in [0.29, 0.717) is 4.47 Å². The molecule has 0 fully saturated rings. The van der Waals surface area contributed by atoms with Gasteiger partial charge in [-0.05, 0) is 24.6 Å². The van der Waals surface area contributed by atoms with Crippen LogP contribution in [0.5, 0.6) is 0 Å². The molecular weight excluding hydrogens is 258 g/mol. The molecule has 1 aromatic heterocycles. The van der Waals surface area contributed by atoms with Crippen LogP contribution in [0, 0.1) is 6.92 Å². The average molecular weight is 263 g/mol. The lowest BCUT2D eigenvalue weighted by atomic mass is 10.2. The number of aryl methyl sites for hydroxylation is 1. The molecule has 0 bridgehead atoms. The first-order valence-corrected chi connectivity index (χ1v) is 5.38. The minimum Gasteiger partial charge on any atom is -0.225 e. The normalized spacial score (nSPS) is 10.9. The summed E-state index contributed by atoms with van der Waals surface area (Å²) in [5.41, 5.74) is 2.17. The molecule has 12 heavy (non-hydrogen) atoms. The van der Waals surface area contributed by atoms with Crippen LogP contribution in [0.4, 0.5) is 0 Å². The summed E-state index contributed by atoms with van der Waals surface area (Å²) in [6.07, 6.45) is 0. The molecule has 1 aromatic carbocycles. The third-order valence-electron chi connectivity index (χ3n) is 1.64. The quantitative estimate of drug-likeness (QED) is 0.699. The Morgan fingerprint density at radius 2 is 2.25 bits per heavy atom. The molecule has 2 rings (SSSR count). The highest BCUT2D eigenvalue weighted by Gasteiger charge is 2.03. The second-order valence-corrected chi connectivity index (χ2v) is 5.00. The van der Waals surface area contributed by atoms with Crippen LogP contribution in [0.25, 0.3) is 10.2 Å². The molecule has 0 aliphatic rings. The molecule has 0 N–H and O–H groups in total. The van der Waals surface area contributed by atoms with Gasteiger partial charge in [-0.3, -0.25) is 0 Å². The molecule has 0 radical (unpaired) electrons. The van der Waals surface area contributed by atoms with E-state index in [9.17, 15) is 0 Å². The molecule has 1 nitrogen and oxygen atoms in total. The van der Waals surface area contributed by atoms with Gasteiger partial charge in [0.25, 0.3) is 0 Å². The van der Waals surface area contributed by atoms with Gasteiger partial charge < -0.3 is 0 Å². The molecule has 0 aliphatic heterocycles. The van der Waals surface area contributed by atoms with Crippen molar-refractivity contribution in [3.8, 4) is 0 Å². The predicted octanol–water partition coefficient (Wildman–Crippen LogP) is 4.02. The lowest BCUT2D eigenvalue weighted by Gasteiger charge is -1.95. The van der Waals surface area contributed by atoms with Gasteiger partial charge in [0.2, 0.25) is 0 Å². The maximum atomic E-state index is 5.78. The van der Waals surface area contributed by atoms with Crippen LogP contribution in [0.2, 0.25) is 4.47 Å². The lowest BCUT2D eigenvalue weighted by Crippen LogP contribution is -1.74. The molecule has 0 aliphatic carbocycles. The molecule has 0 saturated carbocycles. The maximum Gasteiger partial charge on any atom is 0.184 e. The van der Waals surface area contributed by atoms with Crippen LogP contribution in [0.1, 0.15) is 5.56 Å². The van der Waals surface area contributed by atoms with Gasteiger partial charge in [0.15, 0.2) is 4.47 Å². The monoisotopic (exact) mass is 261 g/mol. The highest BCUT2D eigenvalue weighted by molar-refractivity contribution is 9.10. The zero-order valence-corrected chi connectivity index (χ0v) is 9.42. The summed E-state index contributed by atoms with van der Waals surface area (Å²) in [6, 6.07) is 4.08. The van der Waals surface area contributed by atoms with Crippen LogP contribution in [0.3, 0.4) is 0 Å². The highest BCUT2D eigenvalue weighted by Crippen LogP contribution is 2.29. The number of aromatic nitrogens is 1. The van der Waals surface area contributed by atoms with Gasteiger partial charge in [-0.2, -0.15) is 0 Å². The lowest BCUT2D eigenvalue weighted by molar-refractivity contribution is 1.43. The largest absolute Gasteiger partial charge is 0.225 e. The van der Waals surface area contributed by atoms with Gasteiger partial charge in [-0.1, -0.05) is 27.5 Å². The SMILES string of the molecule is Cc1cc2sc(Cl)nc2cc1Br. The topological polar surface area (TPSA) is 12.9 Å². The number of hydrogen-bond donors (Lipinski definition) is 0. The van der Waals surface area contributed by atoms with E-state index < -0.39 is 0 Å². The molecule has 0 spiro atoms. The second kappa shape index (κ2) is 2.98. The van der Waals surface area contributed by atoms with Gasteiger partial charge in [0.1, 0.15) is 0 Å².